The third-order valence-corrected chi connectivity index (χ3v) is 6.14. The van der Waals surface area contributed by atoms with Crippen molar-refractivity contribution in [2.45, 2.75) is 33.6 Å². The molecule has 3 N–H and O–H groups in total. The van der Waals surface area contributed by atoms with Crippen LogP contribution in [0, 0.1) is 12.3 Å². The molecule has 5 nitrogen and oxygen atoms in total. The van der Waals surface area contributed by atoms with Gasteiger partial charge in [0, 0.05) is 28.7 Å². The first-order valence-electron chi connectivity index (χ1n) is 11.8. The van der Waals surface area contributed by atoms with Crippen molar-refractivity contribution < 1.29 is 0 Å². The van der Waals surface area contributed by atoms with Gasteiger partial charge in [-0.1, -0.05) is 56.5 Å². The molecular weight excluding hydrogens is 430 g/mol. The summed E-state index contributed by atoms with van der Waals surface area (Å²) in [5.41, 5.74) is 9.81. The molecule has 2 heterocycles. The van der Waals surface area contributed by atoms with Crippen LogP contribution in [0.3, 0.4) is 0 Å². The normalized spacial score (nSPS) is 13.7. The number of rotatable bonds is 9. The molecule has 0 radical (unpaired) electrons. The Morgan fingerprint density at radius 3 is 2.80 bits per heavy atom. The second-order valence-electron chi connectivity index (χ2n) is 8.50. The molecule has 0 spiro atoms. The summed E-state index contributed by atoms with van der Waals surface area (Å²) >= 11 is 0. The van der Waals surface area contributed by atoms with Crippen LogP contribution in [0.25, 0.3) is 22.2 Å². The molecule has 0 bridgehead atoms. The fourth-order valence-electron chi connectivity index (χ4n) is 4.06. The van der Waals surface area contributed by atoms with Crippen LogP contribution in [-0.2, 0) is 0 Å². The highest BCUT2D eigenvalue weighted by Gasteiger charge is 2.17. The molecule has 4 rings (SSSR count). The molecule has 1 aliphatic carbocycles. The van der Waals surface area contributed by atoms with Crippen LogP contribution in [-0.4, -0.2) is 20.7 Å². The zero-order chi connectivity index (χ0) is 24.9. The van der Waals surface area contributed by atoms with Gasteiger partial charge >= 0.3 is 0 Å². The number of aryl methyl sites for hydroxylation is 1. The molecule has 176 valence electrons. The average Bonchev–Trinajstić information content (AvgIpc) is 3.56. The number of nitrogens with one attached hydrogen (secondary N) is 3. The lowest BCUT2D eigenvalue weighted by Gasteiger charge is -2.12. The SMILES string of the molecule is C=C/C(=C\C(=C/C)c1ccc(C)c(C(=N)c2nc3c(C4=CCC=C4)cncc3[nH]2)c1)NC(=C)CC. The van der Waals surface area contributed by atoms with Crippen molar-refractivity contribution >= 4 is 27.9 Å². The molecule has 35 heavy (non-hydrogen) atoms. The number of H-pyrrole nitrogens is 1. The van der Waals surface area contributed by atoms with E-state index in [0.717, 1.165) is 68.7 Å². The Labute approximate surface area is 206 Å². The fourth-order valence-corrected chi connectivity index (χ4v) is 4.06. The maximum Gasteiger partial charge on any atom is 0.157 e. The van der Waals surface area contributed by atoms with Gasteiger partial charge in [-0.3, -0.25) is 10.4 Å². The number of nitrogens with zero attached hydrogens (tertiary/aromatic N) is 2. The van der Waals surface area contributed by atoms with Crippen LogP contribution < -0.4 is 5.32 Å². The fraction of sp³-hybridized carbons (Fsp3) is 0.167. The van der Waals surface area contributed by atoms with Crippen LogP contribution in [0.5, 0.6) is 0 Å². The van der Waals surface area contributed by atoms with E-state index in [0.29, 0.717) is 11.5 Å². The van der Waals surface area contributed by atoms with Crippen LogP contribution in [0.15, 0.2) is 91.6 Å². The maximum absolute atomic E-state index is 9.00. The second kappa shape index (κ2) is 10.3. The standard InChI is InChI=1S/C30H31N5/c1-6-20(5)33-24(8-3)15-21(7-2)23-14-13-19(4)25(16-23)28(31)30-34-27-18-32-17-26(29(27)35-30)22-11-9-10-12-22/h7-9,11-18,31,33H,3,5-6,10H2,1-2,4H3,(H,34,35)/b21-7+,24-15+,31-28?. The minimum atomic E-state index is 0.350. The number of aromatic nitrogens is 3. The predicted molar refractivity (Wildman–Crippen MR) is 147 cm³/mol. The largest absolute Gasteiger partial charge is 0.359 e. The van der Waals surface area contributed by atoms with Crippen LogP contribution >= 0.6 is 0 Å². The second-order valence-corrected chi connectivity index (χ2v) is 8.50. The molecule has 1 aromatic carbocycles. The van der Waals surface area contributed by atoms with Gasteiger partial charge in [0.25, 0.3) is 0 Å². The lowest BCUT2D eigenvalue weighted by Crippen LogP contribution is -2.10. The molecule has 0 unspecified atom stereocenters. The minimum Gasteiger partial charge on any atom is -0.359 e. The van der Waals surface area contributed by atoms with E-state index in [9.17, 15) is 0 Å². The number of fused-ring (bicyclic) bond motifs is 1. The van der Waals surface area contributed by atoms with Crippen molar-refractivity contribution in [1.29, 1.82) is 5.41 Å². The third kappa shape index (κ3) is 4.99. The molecule has 0 amide bonds. The number of allylic oxidation sites excluding steroid dienone is 9. The van der Waals surface area contributed by atoms with E-state index < -0.39 is 0 Å². The van der Waals surface area contributed by atoms with Crippen molar-refractivity contribution in [3.63, 3.8) is 0 Å². The van der Waals surface area contributed by atoms with E-state index in [-0.39, 0.29) is 0 Å². The Bertz CT molecular complexity index is 1440. The van der Waals surface area contributed by atoms with Gasteiger partial charge < -0.3 is 10.3 Å². The number of hydrogen-bond acceptors (Lipinski definition) is 4. The van der Waals surface area contributed by atoms with E-state index >= 15 is 0 Å². The van der Waals surface area contributed by atoms with Crippen LogP contribution in [0.2, 0.25) is 0 Å². The summed E-state index contributed by atoms with van der Waals surface area (Å²) in [5.74, 6) is 0.530. The first-order valence-corrected chi connectivity index (χ1v) is 11.8. The van der Waals surface area contributed by atoms with Crippen LogP contribution in [0.4, 0.5) is 0 Å². The smallest absolute Gasteiger partial charge is 0.157 e. The number of pyridine rings is 1. The Hall–Kier alpha value is -4.25. The van der Waals surface area contributed by atoms with Gasteiger partial charge in [-0.15, -0.1) is 0 Å². The Balaban J connectivity index is 1.71. The third-order valence-electron chi connectivity index (χ3n) is 6.14. The summed E-state index contributed by atoms with van der Waals surface area (Å²) in [6.45, 7) is 14.0. The highest BCUT2D eigenvalue weighted by atomic mass is 14.9. The van der Waals surface area contributed by atoms with E-state index in [1.54, 1.807) is 12.3 Å². The zero-order valence-corrected chi connectivity index (χ0v) is 20.6. The molecule has 0 saturated heterocycles. The Morgan fingerprint density at radius 2 is 2.11 bits per heavy atom. The molecule has 3 aromatic rings. The number of aromatic amines is 1. The van der Waals surface area contributed by atoms with Crippen molar-refractivity contribution in [2.24, 2.45) is 0 Å². The first kappa shape index (κ1) is 23.9. The molecule has 0 saturated carbocycles. The molecule has 2 aromatic heterocycles. The predicted octanol–water partition coefficient (Wildman–Crippen LogP) is 7.01. The van der Waals surface area contributed by atoms with E-state index in [1.807, 2.05) is 38.3 Å². The Kier molecular flexibility index (Phi) is 7.06. The Morgan fingerprint density at radius 1 is 1.29 bits per heavy atom. The van der Waals surface area contributed by atoms with Crippen LogP contribution in [0.1, 0.15) is 54.8 Å². The molecule has 0 fully saturated rings. The molecule has 5 heteroatoms. The quantitative estimate of drug-likeness (QED) is 0.237. The average molecular weight is 462 g/mol. The molecule has 1 aliphatic rings. The van der Waals surface area contributed by atoms with Crippen molar-refractivity contribution in [2.75, 3.05) is 0 Å². The van der Waals surface area contributed by atoms with Gasteiger partial charge in [0.15, 0.2) is 5.82 Å². The summed E-state index contributed by atoms with van der Waals surface area (Å²) in [7, 11) is 0. The zero-order valence-electron chi connectivity index (χ0n) is 20.6. The summed E-state index contributed by atoms with van der Waals surface area (Å²) in [6, 6.07) is 6.17. The summed E-state index contributed by atoms with van der Waals surface area (Å²) in [6.07, 6.45) is 17.6. The first-order chi connectivity index (χ1) is 16.9. The summed E-state index contributed by atoms with van der Waals surface area (Å²) in [4.78, 5) is 12.5. The number of hydrogen-bond donors (Lipinski definition) is 3. The maximum atomic E-state index is 9.00. The van der Waals surface area contributed by atoms with Gasteiger partial charge in [0.1, 0.15) is 5.71 Å². The van der Waals surface area contributed by atoms with Crippen molar-refractivity contribution in [3.05, 3.63) is 120 Å². The highest BCUT2D eigenvalue weighted by Crippen LogP contribution is 2.28. The topological polar surface area (TPSA) is 77.5 Å². The number of imidazole rings is 1. The van der Waals surface area contributed by atoms with Gasteiger partial charge in [-0.05, 0) is 67.2 Å². The van der Waals surface area contributed by atoms with Crippen molar-refractivity contribution in [3.8, 4) is 0 Å². The van der Waals surface area contributed by atoms with E-state index in [2.05, 4.69) is 65.7 Å². The van der Waals surface area contributed by atoms with E-state index in [1.165, 1.54) is 0 Å². The summed E-state index contributed by atoms with van der Waals surface area (Å²) < 4.78 is 0. The summed E-state index contributed by atoms with van der Waals surface area (Å²) in [5, 5.41) is 12.3. The monoisotopic (exact) mass is 461 g/mol. The lowest BCUT2D eigenvalue weighted by atomic mass is 9.96. The van der Waals surface area contributed by atoms with E-state index in [4.69, 9.17) is 10.4 Å². The molecule has 0 aliphatic heterocycles. The molecule has 0 atom stereocenters. The van der Waals surface area contributed by atoms with Gasteiger partial charge in [-0.25, -0.2) is 4.98 Å². The van der Waals surface area contributed by atoms with Crippen molar-refractivity contribution in [1.82, 2.24) is 20.3 Å². The van der Waals surface area contributed by atoms with Gasteiger partial charge in [-0.2, -0.15) is 0 Å². The van der Waals surface area contributed by atoms with Gasteiger partial charge in [0.2, 0.25) is 0 Å². The molecular formula is C30H31N5. The minimum absolute atomic E-state index is 0.350. The lowest BCUT2D eigenvalue weighted by molar-refractivity contribution is 0.921. The van der Waals surface area contributed by atoms with Gasteiger partial charge in [0.05, 0.1) is 17.2 Å². The number of benzene rings is 1. The highest BCUT2D eigenvalue weighted by molar-refractivity contribution is 6.11.